The highest BCUT2D eigenvalue weighted by atomic mass is 16.7. The Bertz CT molecular complexity index is 879. The zero-order valence-electron chi connectivity index (χ0n) is 15.9. The van der Waals surface area contributed by atoms with E-state index in [0.717, 1.165) is 17.7 Å². The highest BCUT2D eigenvalue weighted by molar-refractivity contribution is 6.09. The van der Waals surface area contributed by atoms with Crippen LogP contribution in [-0.4, -0.2) is 53.7 Å². The fourth-order valence-electron chi connectivity index (χ4n) is 3.77. The van der Waals surface area contributed by atoms with Crippen LogP contribution in [-0.2, 0) is 19.1 Å². The Hall–Kier alpha value is -3.30. The smallest absolute Gasteiger partial charge is 0.327 e. The SMILES string of the molecule is C[C@H](OC(=O)CN1C(=O)NC2(CCCC2)C1=O)C(=O)Nc1ccc2c(c1)OCO2. The van der Waals surface area contributed by atoms with Crippen molar-refractivity contribution >= 4 is 29.5 Å². The molecule has 0 radical (unpaired) electrons. The quantitative estimate of drug-likeness (QED) is 0.558. The molecule has 1 spiro atoms. The molecular weight excluding hydrogens is 382 g/mol. The van der Waals surface area contributed by atoms with Gasteiger partial charge in [-0.25, -0.2) is 4.79 Å². The molecule has 0 bridgehead atoms. The van der Waals surface area contributed by atoms with Crippen molar-refractivity contribution in [3.63, 3.8) is 0 Å². The van der Waals surface area contributed by atoms with Gasteiger partial charge >= 0.3 is 12.0 Å². The topological polar surface area (TPSA) is 123 Å². The predicted octanol–water partition coefficient (Wildman–Crippen LogP) is 1.15. The molecule has 0 aromatic heterocycles. The van der Waals surface area contributed by atoms with E-state index in [1.54, 1.807) is 18.2 Å². The van der Waals surface area contributed by atoms with Gasteiger partial charge in [0.1, 0.15) is 12.1 Å². The van der Waals surface area contributed by atoms with Crippen LogP contribution in [0.3, 0.4) is 0 Å². The second-order valence-corrected chi connectivity index (χ2v) is 7.30. The Kier molecular flexibility index (Phi) is 4.77. The number of hydrogen-bond acceptors (Lipinski definition) is 7. The maximum Gasteiger partial charge on any atom is 0.327 e. The number of benzene rings is 1. The zero-order valence-corrected chi connectivity index (χ0v) is 15.9. The molecule has 1 saturated heterocycles. The van der Waals surface area contributed by atoms with Crippen molar-refractivity contribution in [2.45, 2.75) is 44.2 Å². The second-order valence-electron chi connectivity index (χ2n) is 7.30. The highest BCUT2D eigenvalue weighted by Gasteiger charge is 2.52. The molecule has 2 N–H and O–H groups in total. The summed E-state index contributed by atoms with van der Waals surface area (Å²) in [6.45, 7) is 0.990. The lowest BCUT2D eigenvalue weighted by Gasteiger charge is -2.20. The van der Waals surface area contributed by atoms with Gasteiger partial charge < -0.3 is 24.8 Å². The standard InChI is InChI=1S/C19H21N3O7/c1-11(16(24)20-12-4-5-13-14(8-12)28-10-27-13)29-15(23)9-22-17(25)19(21-18(22)26)6-2-3-7-19/h4-5,8,11H,2-3,6-7,9-10H2,1H3,(H,20,24)(H,21,26)/t11-/m0/s1. The van der Waals surface area contributed by atoms with Crippen LogP contribution in [0.5, 0.6) is 11.5 Å². The molecule has 3 aliphatic rings. The Labute approximate surface area is 166 Å². The number of rotatable bonds is 5. The molecule has 2 fully saturated rings. The Balaban J connectivity index is 1.31. The van der Waals surface area contributed by atoms with E-state index in [2.05, 4.69) is 10.6 Å². The molecule has 1 aromatic carbocycles. The predicted molar refractivity (Wildman–Crippen MR) is 98.2 cm³/mol. The van der Waals surface area contributed by atoms with Crippen molar-refractivity contribution in [3.05, 3.63) is 18.2 Å². The van der Waals surface area contributed by atoms with Gasteiger partial charge in [-0.05, 0) is 31.9 Å². The molecule has 2 aliphatic heterocycles. The second kappa shape index (κ2) is 7.26. The van der Waals surface area contributed by atoms with Gasteiger partial charge in [-0.1, -0.05) is 12.8 Å². The number of imide groups is 1. The highest BCUT2D eigenvalue weighted by Crippen LogP contribution is 2.35. The van der Waals surface area contributed by atoms with E-state index in [1.165, 1.54) is 6.92 Å². The number of anilines is 1. The van der Waals surface area contributed by atoms with Crippen LogP contribution >= 0.6 is 0 Å². The molecule has 1 aliphatic carbocycles. The average molecular weight is 403 g/mol. The number of ether oxygens (including phenoxy) is 3. The Morgan fingerprint density at radius 3 is 2.72 bits per heavy atom. The molecule has 4 rings (SSSR count). The number of hydrogen-bond donors (Lipinski definition) is 2. The van der Waals surface area contributed by atoms with Crippen molar-refractivity contribution in [2.75, 3.05) is 18.7 Å². The van der Waals surface area contributed by atoms with Crippen LogP contribution in [0.2, 0.25) is 0 Å². The lowest BCUT2D eigenvalue weighted by atomic mass is 9.98. The first-order chi connectivity index (χ1) is 13.9. The summed E-state index contributed by atoms with van der Waals surface area (Å²) in [5.74, 6) is -0.712. The van der Waals surface area contributed by atoms with E-state index in [-0.39, 0.29) is 6.79 Å². The number of nitrogens with one attached hydrogen (secondary N) is 2. The molecule has 1 saturated carbocycles. The van der Waals surface area contributed by atoms with Gasteiger partial charge in [0.25, 0.3) is 11.8 Å². The third-order valence-corrected chi connectivity index (χ3v) is 5.31. The minimum atomic E-state index is -1.12. The summed E-state index contributed by atoms with van der Waals surface area (Å²) < 4.78 is 15.6. The molecular formula is C19H21N3O7. The van der Waals surface area contributed by atoms with Crippen molar-refractivity contribution in [1.29, 1.82) is 0 Å². The normalized spacial score (nSPS) is 20.0. The van der Waals surface area contributed by atoms with Crippen molar-refractivity contribution in [2.24, 2.45) is 0 Å². The third-order valence-electron chi connectivity index (χ3n) is 5.31. The molecule has 10 nitrogen and oxygen atoms in total. The van der Waals surface area contributed by atoms with Crippen molar-refractivity contribution < 1.29 is 33.4 Å². The maximum absolute atomic E-state index is 12.6. The van der Waals surface area contributed by atoms with Gasteiger partial charge in [0.15, 0.2) is 17.6 Å². The van der Waals surface area contributed by atoms with E-state index in [1.807, 2.05) is 0 Å². The van der Waals surface area contributed by atoms with Gasteiger partial charge in [0, 0.05) is 11.8 Å². The van der Waals surface area contributed by atoms with E-state index >= 15 is 0 Å². The maximum atomic E-state index is 12.6. The van der Waals surface area contributed by atoms with Gasteiger partial charge in [-0.3, -0.25) is 19.3 Å². The van der Waals surface area contributed by atoms with E-state index in [9.17, 15) is 19.2 Å². The number of urea groups is 1. The summed E-state index contributed by atoms with van der Waals surface area (Å²) in [6.07, 6.45) is 1.71. The fourth-order valence-corrected chi connectivity index (χ4v) is 3.77. The minimum absolute atomic E-state index is 0.116. The van der Waals surface area contributed by atoms with Crippen LogP contribution in [0.25, 0.3) is 0 Å². The van der Waals surface area contributed by atoms with E-state index in [4.69, 9.17) is 14.2 Å². The first-order valence-corrected chi connectivity index (χ1v) is 9.42. The molecule has 2 heterocycles. The number of carbonyl (C=O) groups excluding carboxylic acids is 4. The van der Waals surface area contributed by atoms with Crippen LogP contribution in [0.1, 0.15) is 32.6 Å². The lowest BCUT2D eigenvalue weighted by molar-refractivity contribution is -0.155. The van der Waals surface area contributed by atoms with E-state index in [0.29, 0.717) is 30.0 Å². The monoisotopic (exact) mass is 403 g/mol. The summed E-state index contributed by atoms with van der Waals surface area (Å²) in [7, 11) is 0. The minimum Gasteiger partial charge on any atom is -0.454 e. The Morgan fingerprint density at radius 1 is 1.24 bits per heavy atom. The number of amides is 4. The van der Waals surface area contributed by atoms with Gasteiger partial charge in [0.05, 0.1) is 0 Å². The Morgan fingerprint density at radius 2 is 1.97 bits per heavy atom. The fraction of sp³-hybridized carbons (Fsp3) is 0.474. The first-order valence-electron chi connectivity index (χ1n) is 9.42. The van der Waals surface area contributed by atoms with Gasteiger partial charge in [0.2, 0.25) is 6.79 Å². The van der Waals surface area contributed by atoms with Crippen LogP contribution in [0, 0.1) is 0 Å². The molecule has 10 heteroatoms. The van der Waals surface area contributed by atoms with Gasteiger partial charge in [-0.15, -0.1) is 0 Å². The number of carbonyl (C=O) groups is 4. The molecule has 29 heavy (non-hydrogen) atoms. The van der Waals surface area contributed by atoms with Crippen molar-refractivity contribution in [1.82, 2.24) is 10.2 Å². The largest absolute Gasteiger partial charge is 0.454 e. The molecule has 1 aromatic rings. The number of fused-ring (bicyclic) bond motifs is 1. The van der Waals surface area contributed by atoms with Crippen LogP contribution in [0.4, 0.5) is 10.5 Å². The summed E-state index contributed by atoms with van der Waals surface area (Å²) in [5, 5.41) is 5.31. The van der Waals surface area contributed by atoms with Crippen LogP contribution in [0.15, 0.2) is 18.2 Å². The third kappa shape index (κ3) is 3.57. The van der Waals surface area contributed by atoms with Gasteiger partial charge in [-0.2, -0.15) is 0 Å². The molecule has 154 valence electrons. The summed E-state index contributed by atoms with van der Waals surface area (Å²) >= 11 is 0. The van der Waals surface area contributed by atoms with E-state index < -0.39 is 42.0 Å². The summed E-state index contributed by atoms with van der Waals surface area (Å²) in [6, 6.07) is 4.29. The summed E-state index contributed by atoms with van der Waals surface area (Å²) in [5.41, 5.74) is -0.431. The summed E-state index contributed by atoms with van der Waals surface area (Å²) in [4.78, 5) is 50.0. The number of esters is 1. The average Bonchev–Trinajstić information content (AvgIpc) is 3.39. The first kappa shape index (κ1) is 19.0. The molecule has 1 atom stereocenters. The molecule has 4 amide bonds. The number of nitrogens with zero attached hydrogens (tertiary/aromatic N) is 1. The van der Waals surface area contributed by atoms with Crippen LogP contribution < -0.4 is 20.1 Å². The van der Waals surface area contributed by atoms with Crippen molar-refractivity contribution in [3.8, 4) is 11.5 Å². The zero-order chi connectivity index (χ0) is 20.6. The molecule has 0 unspecified atom stereocenters. The lowest BCUT2D eigenvalue weighted by Crippen LogP contribution is -2.44.